The molecule has 0 aliphatic carbocycles. The van der Waals surface area contributed by atoms with Crippen LogP contribution in [-0.4, -0.2) is 47.5 Å². The maximum atomic E-state index is 12.5. The second-order valence-corrected chi connectivity index (χ2v) is 6.11. The Labute approximate surface area is 155 Å². The van der Waals surface area contributed by atoms with Gasteiger partial charge in [-0.15, -0.1) is 0 Å². The average Bonchev–Trinajstić information content (AvgIpc) is 2.68. The standard InChI is InChI=1S/C20H28N4O2/c1-4-12-24(13-5-2)19(25)17-14-22-20(23-15-17)21-11-10-16-6-8-18(26-3)9-7-16/h6-9,14-15H,4-5,10-13H2,1-3H3,(H,21,22,23). The van der Waals surface area contributed by atoms with Gasteiger partial charge in [0.1, 0.15) is 5.75 Å². The SMILES string of the molecule is CCCN(CCC)C(=O)c1cnc(NCCc2ccc(OC)cc2)nc1. The first-order valence-corrected chi connectivity index (χ1v) is 9.16. The van der Waals surface area contributed by atoms with E-state index in [0.29, 0.717) is 11.5 Å². The lowest BCUT2D eigenvalue weighted by atomic mass is 10.1. The number of hydrogen-bond acceptors (Lipinski definition) is 5. The van der Waals surface area contributed by atoms with Crippen LogP contribution in [-0.2, 0) is 6.42 Å². The molecule has 1 heterocycles. The molecule has 0 radical (unpaired) electrons. The zero-order chi connectivity index (χ0) is 18.8. The highest BCUT2D eigenvalue weighted by Crippen LogP contribution is 2.12. The van der Waals surface area contributed by atoms with E-state index in [1.807, 2.05) is 29.2 Å². The molecule has 2 aromatic rings. The Hall–Kier alpha value is -2.63. The molecule has 0 spiro atoms. The van der Waals surface area contributed by atoms with Crippen molar-refractivity contribution in [1.29, 1.82) is 0 Å². The van der Waals surface area contributed by atoms with E-state index in [1.165, 1.54) is 5.56 Å². The second-order valence-electron chi connectivity index (χ2n) is 6.11. The number of nitrogens with zero attached hydrogens (tertiary/aromatic N) is 3. The molecule has 0 bridgehead atoms. The minimum Gasteiger partial charge on any atom is -0.497 e. The van der Waals surface area contributed by atoms with E-state index in [9.17, 15) is 4.79 Å². The van der Waals surface area contributed by atoms with Crippen LogP contribution in [0.15, 0.2) is 36.7 Å². The predicted molar refractivity (Wildman–Crippen MR) is 104 cm³/mol. The van der Waals surface area contributed by atoms with Crippen LogP contribution in [0.4, 0.5) is 5.95 Å². The van der Waals surface area contributed by atoms with Gasteiger partial charge in [0.15, 0.2) is 0 Å². The number of ether oxygens (including phenoxy) is 1. The van der Waals surface area contributed by atoms with E-state index < -0.39 is 0 Å². The van der Waals surface area contributed by atoms with Gasteiger partial charge in [-0.1, -0.05) is 26.0 Å². The van der Waals surface area contributed by atoms with Crippen molar-refractivity contribution in [3.8, 4) is 5.75 Å². The maximum absolute atomic E-state index is 12.5. The zero-order valence-corrected chi connectivity index (χ0v) is 15.9. The Kier molecular flexibility index (Phi) is 7.86. The fourth-order valence-electron chi connectivity index (χ4n) is 2.68. The van der Waals surface area contributed by atoms with Crippen molar-refractivity contribution in [2.24, 2.45) is 0 Å². The second kappa shape index (κ2) is 10.4. The van der Waals surface area contributed by atoms with Gasteiger partial charge in [-0.25, -0.2) is 9.97 Å². The van der Waals surface area contributed by atoms with Gasteiger partial charge in [0.05, 0.1) is 12.7 Å². The monoisotopic (exact) mass is 356 g/mol. The molecule has 1 N–H and O–H groups in total. The van der Waals surface area contributed by atoms with Crippen LogP contribution in [0.2, 0.25) is 0 Å². The van der Waals surface area contributed by atoms with Gasteiger partial charge >= 0.3 is 0 Å². The number of amides is 1. The molecule has 0 aliphatic rings. The molecule has 26 heavy (non-hydrogen) atoms. The number of carbonyl (C=O) groups excluding carboxylic acids is 1. The molecule has 0 unspecified atom stereocenters. The highest BCUT2D eigenvalue weighted by Gasteiger charge is 2.15. The first kappa shape index (κ1) is 19.7. The minimum atomic E-state index is -0.00140. The summed E-state index contributed by atoms with van der Waals surface area (Å²) in [5.41, 5.74) is 1.74. The molecule has 0 aliphatic heterocycles. The highest BCUT2D eigenvalue weighted by atomic mass is 16.5. The first-order chi connectivity index (χ1) is 12.7. The third-order valence-corrected chi connectivity index (χ3v) is 4.03. The van der Waals surface area contributed by atoms with Gasteiger partial charge in [-0.05, 0) is 37.0 Å². The molecule has 1 aromatic heterocycles. The zero-order valence-electron chi connectivity index (χ0n) is 15.9. The quantitative estimate of drug-likeness (QED) is 0.707. The smallest absolute Gasteiger partial charge is 0.256 e. The van der Waals surface area contributed by atoms with E-state index in [-0.39, 0.29) is 5.91 Å². The van der Waals surface area contributed by atoms with E-state index in [0.717, 1.165) is 44.6 Å². The summed E-state index contributed by atoms with van der Waals surface area (Å²) in [5.74, 6) is 1.39. The molecule has 0 saturated heterocycles. The topological polar surface area (TPSA) is 67.4 Å². The first-order valence-electron chi connectivity index (χ1n) is 9.16. The number of nitrogens with one attached hydrogen (secondary N) is 1. The van der Waals surface area contributed by atoms with Crippen molar-refractivity contribution in [3.05, 3.63) is 47.8 Å². The lowest BCUT2D eigenvalue weighted by molar-refractivity contribution is 0.0754. The molecule has 1 aromatic carbocycles. The van der Waals surface area contributed by atoms with Crippen LogP contribution >= 0.6 is 0 Å². The van der Waals surface area contributed by atoms with Crippen molar-refractivity contribution in [2.75, 3.05) is 32.1 Å². The number of anilines is 1. The third-order valence-electron chi connectivity index (χ3n) is 4.03. The van der Waals surface area contributed by atoms with Crippen molar-refractivity contribution < 1.29 is 9.53 Å². The summed E-state index contributed by atoms with van der Waals surface area (Å²) in [6.07, 6.45) is 5.94. The minimum absolute atomic E-state index is 0.00140. The Morgan fingerprint density at radius 3 is 2.23 bits per heavy atom. The average molecular weight is 356 g/mol. The molecule has 0 fully saturated rings. The number of benzene rings is 1. The number of carbonyl (C=O) groups is 1. The fraction of sp³-hybridized carbons (Fsp3) is 0.450. The number of aromatic nitrogens is 2. The summed E-state index contributed by atoms with van der Waals surface area (Å²) in [6.45, 7) is 6.38. The molecular formula is C20H28N4O2. The van der Waals surface area contributed by atoms with Crippen LogP contribution in [0.3, 0.4) is 0 Å². The lowest BCUT2D eigenvalue weighted by Crippen LogP contribution is -2.32. The Balaban J connectivity index is 1.87. The van der Waals surface area contributed by atoms with Crippen LogP contribution in [0, 0.1) is 0 Å². The molecule has 6 heteroatoms. The lowest BCUT2D eigenvalue weighted by Gasteiger charge is -2.21. The summed E-state index contributed by atoms with van der Waals surface area (Å²) < 4.78 is 5.15. The Morgan fingerprint density at radius 1 is 1.08 bits per heavy atom. The van der Waals surface area contributed by atoms with Crippen LogP contribution in [0.25, 0.3) is 0 Å². The van der Waals surface area contributed by atoms with Crippen LogP contribution < -0.4 is 10.1 Å². The van der Waals surface area contributed by atoms with Gasteiger partial charge in [0.2, 0.25) is 5.95 Å². The molecule has 1 amide bonds. The van der Waals surface area contributed by atoms with E-state index in [2.05, 4.69) is 29.1 Å². The molecule has 2 rings (SSSR count). The fourth-order valence-corrected chi connectivity index (χ4v) is 2.68. The Morgan fingerprint density at radius 2 is 1.69 bits per heavy atom. The normalized spacial score (nSPS) is 10.4. The van der Waals surface area contributed by atoms with Gasteiger partial charge in [0.25, 0.3) is 5.91 Å². The van der Waals surface area contributed by atoms with Gasteiger partial charge in [-0.3, -0.25) is 4.79 Å². The van der Waals surface area contributed by atoms with Crippen LogP contribution in [0.5, 0.6) is 5.75 Å². The maximum Gasteiger partial charge on any atom is 0.256 e. The molecule has 6 nitrogen and oxygen atoms in total. The third kappa shape index (κ3) is 5.72. The molecular weight excluding hydrogens is 328 g/mol. The Bertz CT molecular complexity index is 665. The van der Waals surface area contributed by atoms with E-state index >= 15 is 0 Å². The largest absolute Gasteiger partial charge is 0.497 e. The molecule has 140 valence electrons. The molecule has 0 saturated carbocycles. The molecule has 0 atom stereocenters. The number of rotatable bonds is 10. The van der Waals surface area contributed by atoms with E-state index in [4.69, 9.17) is 4.74 Å². The summed E-state index contributed by atoms with van der Waals surface area (Å²) in [4.78, 5) is 22.9. The van der Waals surface area contributed by atoms with Crippen molar-refractivity contribution >= 4 is 11.9 Å². The van der Waals surface area contributed by atoms with Crippen molar-refractivity contribution in [1.82, 2.24) is 14.9 Å². The number of hydrogen-bond donors (Lipinski definition) is 1. The number of methoxy groups -OCH3 is 1. The summed E-state index contributed by atoms with van der Waals surface area (Å²) in [7, 11) is 1.66. The highest BCUT2D eigenvalue weighted by molar-refractivity contribution is 5.93. The van der Waals surface area contributed by atoms with Crippen molar-refractivity contribution in [2.45, 2.75) is 33.1 Å². The van der Waals surface area contributed by atoms with Gasteiger partial charge < -0.3 is 15.0 Å². The van der Waals surface area contributed by atoms with Gasteiger partial charge in [-0.2, -0.15) is 0 Å². The van der Waals surface area contributed by atoms with Gasteiger partial charge in [0, 0.05) is 32.0 Å². The summed E-state index contributed by atoms with van der Waals surface area (Å²) >= 11 is 0. The van der Waals surface area contributed by atoms with Crippen molar-refractivity contribution in [3.63, 3.8) is 0 Å². The van der Waals surface area contributed by atoms with Crippen LogP contribution in [0.1, 0.15) is 42.6 Å². The predicted octanol–water partition coefficient (Wildman–Crippen LogP) is 3.40. The van der Waals surface area contributed by atoms with E-state index in [1.54, 1.807) is 19.5 Å². The summed E-state index contributed by atoms with van der Waals surface area (Å²) in [6, 6.07) is 7.98. The summed E-state index contributed by atoms with van der Waals surface area (Å²) in [5, 5.41) is 3.19.